The monoisotopic (exact) mass is 330 g/mol. The van der Waals surface area contributed by atoms with Gasteiger partial charge in [-0.05, 0) is 51.8 Å². The SMILES string of the molecule is CC(C)C(=O)Oc1cccc2[nH]cc(CCN(C(C)C)C(C)C)c12. The van der Waals surface area contributed by atoms with Crippen LogP contribution in [0.25, 0.3) is 10.9 Å². The van der Waals surface area contributed by atoms with Crippen LogP contribution >= 0.6 is 0 Å². The van der Waals surface area contributed by atoms with E-state index in [1.54, 1.807) is 0 Å². The van der Waals surface area contributed by atoms with Crippen molar-refractivity contribution in [1.82, 2.24) is 9.88 Å². The Morgan fingerprint density at radius 1 is 1.12 bits per heavy atom. The maximum atomic E-state index is 12.0. The topological polar surface area (TPSA) is 45.3 Å². The van der Waals surface area contributed by atoms with Crippen molar-refractivity contribution in [2.75, 3.05) is 6.54 Å². The molecule has 1 aromatic heterocycles. The van der Waals surface area contributed by atoms with E-state index in [1.165, 1.54) is 5.56 Å². The first-order valence-electron chi connectivity index (χ1n) is 8.87. The number of nitrogens with zero attached hydrogens (tertiary/aromatic N) is 1. The van der Waals surface area contributed by atoms with E-state index < -0.39 is 0 Å². The van der Waals surface area contributed by atoms with Crippen LogP contribution in [0.2, 0.25) is 0 Å². The fourth-order valence-electron chi connectivity index (χ4n) is 3.09. The van der Waals surface area contributed by atoms with Crippen molar-refractivity contribution in [3.63, 3.8) is 0 Å². The summed E-state index contributed by atoms with van der Waals surface area (Å²) in [4.78, 5) is 17.8. The standard InChI is InChI=1S/C20H30N2O2/c1-13(2)20(23)24-18-9-7-8-17-19(18)16(12-21-17)10-11-22(14(3)4)15(5)6/h7-9,12-15,21H,10-11H2,1-6H3. The number of hydrogen-bond acceptors (Lipinski definition) is 3. The number of rotatable bonds is 7. The summed E-state index contributed by atoms with van der Waals surface area (Å²) < 4.78 is 5.62. The lowest BCUT2D eigenvalue weighted by Gasteiger charge is -2.30. The molecular weight excluding hydrogens is 300 g/mol. The van der Waals surface area contributed by atoms with Gasteiger partial charge in [0.1, 0.15) is 5.75 Å². The molecule has 24 heavy (non-hydrogen) atoms. The summed E-state index contributed by atoms with van der Waals surface area (Å²) in [5.74, 6) is 0.323. The molecule has 2 rings (SSSR count). The molecule has 1 heterocycles. The summed E-state index contributed by atoms with van der Waals surface area (Å²) in [5.41, 5.74) is 2.21. The molecule has 132 valence electrons. The van der Waals surface area contributed by atoms with Crippen LogP contribution < -0.4 is 4.74 Å². The fraction of sp³-hybridized carbons (Fsp3) is 0.550. The number of carbonyl (C=O) groups excluding carboxylic acids is 1. The van der Waals surface area contributed by atoms with Crippen molar-refractivity contribution >= 4 is 16.9 Å². The lowest BCUT2D eigenvalue weighted by molar-refractivity contribution is -0.137. The number of aromatic amines is 1. The second-order valence-electron chi connectivity index (χ2n) is 7.24. The molecule has 4 heteroatoms. The molecule has 0 aliphatic carbocycles. The number of benzene rings is 1. The van der Waals surface area contributed by atoms with Crippen LogP contribution in [0.15, 0.2) is 24.4 Å². The summed E-state index contributed by atoms with van der Waals surface area (Å²) in [6, 6.07) is 6.83. The van der Waals surface area contributed by atoms with Crippen molar-refractivity contribution in [2.45, 2.75) is 60.0 Å². The van der Waals surface area contributed by atoms with Crippen LogP contribution in [0.1, 0.15) is 47.1 Å². The quantitative estimate of drug-likeness (QED) is 0.605. The molecule has 0 atom stereocenters. The lowest BCUT2D eigenvalue weighted by Crippen LogP contribution is -2.38. The van der Waals surface area contributed by atoms with Gasteiger partial charge in [-0.25, -0.2) is 0 Å². The highest BCUT2D eigenvalue weighted by Gasteiger charge is 2.17. The Morgan fingerprint density at radius 2 is 1.79 bits per heavy atom. The molecular formula is C20H30N2O2. The highest BCUT2D eigenvalue weighted by atomic mass is 16.5. The smallest absolute Gasteiger partial charge is 0.313 e. The molecule has 2 aromatic rings. The minimum Gasteiger partial charge on any atom is -0.426 e. The fourth-order valence-corrected chi connectivity index (χ4v) is 3.09. The number of nitrogens with one attached hydrogen (secondary N) is 1. The average molecular weight is 330 g/mol. The summed E-state index contributed by atoms with van der Waals surface area (Å²) in [6.45, 7) is 13.6. The van der Waals surface area contributed by atoms with E-state index in [0.717, 1.165) is 23.9 Å². The largest absolute Gasteiger partial charge is 0.426 e. The Hall–Kier alpha value is -1.81. The van der Waals surface area contributed by atoms with Gasteiger partial charge in [-0.1, -0.05) is 19.9 Å². The van der Waals surface area contributed by atoms with Gasteiger partial charge >= 0.3 is 5.97 Å². The predicted molar refractivity (Wildman–Crippen MR) is 99.5 cm³/mol. The Bertz CT molecular complexity index is 678. The number of H-pyrrole nitrogens is 1. The maximum Gasteiger partial charge on any atom is 0.313 e. The third kappa shape index (κ3) is 4.18. The van der Waals surface area contributed by atoms with E-state index in [4.69, 9.17) is 4.74 Å². The van der Waals surface area contributed by atoms with Gasteiger partial charge in [0.25, 0.3) is 0 Å². The molecule has 0 aliphatic heterocycles. The summed E-state index contributed by atoms with van der Waals surface area (Å²) in [5, 5.41) is 1.03. The molecule has 0 saturated carbocycles. The zero-order valence-corrected chi connectivity index (χ0v) is 15.7. The summed E-state index contributed by atoms with van der Waals surface area (Å²) in [6.07, 6.45) is 2.96. The first-order chi connectivity index (χ1) is 11.3. The number of ether oxygens (including phenoxy) is 1. The summed E-state index contributed by atoms with van der Waals surface area (Å²) in [7, 11) is 0. The van der Waals surface area contributed by atoms with E-state index in [2.05, 4.69) is 37.6 Å². The van der Waals surface area contributed by atoms with Crippen LogP contribution in [0.3, 0.4) is 0 Å². The molecule has 0 spiro atoms. The van der Waals surface area contributed by atoms with Crippen LogP contribution in [-0.2, 0) is 11.2 Å². The zero-order chi connectivity index (χ0) is 17.9. The maximum absolute atomic E-state index is 12.0. The summed E-state index contributed by atoms with van der Waals surface area (Å²) >= 11 is 0. The van der Waals surface area contributed by atoms with Gasteiger partial charge in [0.15, 0.2) is 0 Å². The van der Waals surface area contributed by atoms with Gasteiger partial charge < -0.3 is 9.72 Å². The first-order valence-corrected chi connectivity index (χ1v) is 8.87. The van der Waals surface area contributed by atoms with E-state index in [1.807, 2.05) is 38.2 Å². The molecule has 0 unspecified atom stereocenters. The van der Waals surface area contributed by atoms with Crippen molar-refractivity contribution in [2.24, 2.45) is 5.92 Å². The van der Waals surface area contributed by atoms with E-state index >= 15 is 0 Å². The first kappa shape index (κ1) is 18.5. The molecule has 0 amide bonds. The molecule has 0 radical (unpaired) electrons. The second kappa shape index (κ2) is 7.84. The highest BCUT2D eigenvalue weighted by molar-refractivity contribution is 5.91. The van der Waals surface area contributed by atoms with Crippen LogP contribution in [0.5, 0.6) is 5.75 Å². The van der Waals surface area contributed by atoms with E-state index in [9.17, 15) is 4.79 Å². The van der Waals surface area contributed by atoms with Crippen molar-refractivity contribution in [3.8, 4) is 5.75 Å². The van der Waals surface area contributed by atoms with E-state index in [0.29, 0.717) is 17.8 Å². The zero-order valence-electron chi connectivity index (χ0n) is 15.7. The Labute approximate surface area is 145 Å². The van der Waals surface area contributed by atoms with Gasteiger partial charge in [-0.2, -0.15) is 0 Å². The van der Waals surface area contributed by atoms with Crippen LogP contribution in [0, 0.1) is 5.92 Å². The molecule has 1 aromatic carbocycles. The number of carbonyl (C=O) groups is 1. The highest BCUT2D eigenvalue weighted by Crippen LogP contribution is 2.30. The molecule has 0 fully saturated rings. The number of esters is 1. The van der Waals surface area contributed by atoms with Gasteiger partial charge in [-0.15, -0.1) is 0 Å². The lowest BCUT2D eigenvalue weighted by atomic mass is 10.1. The predicted octanol–water partition coefficient (Wildman–Crippen LogP) is 4.39. The van der Waals surface area contributed by atoms with Crippen LogP contribution in [0.4, 0.5) is 0 Å². The van der Waals surface area contributed by atoms with E-state index in [-0.39, 0.29) is 11.9 Å². The number of fused-ring (bicyclic) bond motifs is 1. The van der Waals surface area contributed by atoms with Crippen molar-refractivity contribution in [3.05, 3.63) is 30.0 Å². The molecule has 0 bridgehead atoms. The Balaban J connectivity index is 2.26. The van der Waals surface area contributed by atoms with Gasteiger partial charge in [0.2, 0.25) is 0 Å². The Kier molecular flexibility index (Phi) is 6.05. The van der Waals surface area contributed by atoms with Crippen molar-refractivity contribution in [1.29, 1.82) is 0 Å². The molecule has 0 saturated heterocycles. The minimum atomic E-state index is -0.194. The Morgan fingerprint density at radius 3 is 2.38 bits per heavy atom. The van der Waals surface area contributed by atoms with Crippen molar-refractivity contribution < 1.29 is 9.53 Å². The van der Waals surface area contributed by atoms with Gasteiger partial charge in [-0.3, -0.25) is 9.69 Å². The number of hydrogen-bond donors (Lipinski definition) is 1. The number of aromatic nitrogens is 1. The second-order valence-corrected chi connectivity index (χ2v) is 7.24. The van der Waals surface area contributed by atoms with Crippen LogP contribution in [-0.4, -0.2) is 34.5 Å². The van der Waals surface area contributed by atoms with Gasteiger partial charge in [0.05, 0.1) is 5.92 Å². The third-order valence-corrected chi connectivity index (χ3v) is 4.40. The average Bonchev–Trinajstić information content (AvgIpc) is 2.91. The molecule has 4 nitrogen and oxygen atoms in total. The molecule has 1 N–H and O–H groups in total. The molecule has 0 aliphatic rings. The minimum absolute atomic E-state index is 0.139. The third-order valence-electron chi connectivity index (χ3n) is 4.40. The van der Waals surface area contributed by atoms with Gasteiger partial charge in [0, 0.05) is 35.7 Å². The normalized spacial score (nSPS) is 12.1.